The van der Waals surface area contributed by atoms with Gasteiger partial charge in [0.2, 0.25) is 11.0 Å². The van der Waals surface area contributed by atoms with Gasteiger partial charge >= 0.3 is 0 Å². The summed E-state index contributed by atoms with van der Waals surface area (Å²) in [5.41, 5.74) is 4.12. The van der Waals surface area contributed by atoms with Crippen molar-refractivity contribution in [3.63, 3.8) is 0 Å². The van der Waals surface area contributed by atoms with Crippen LogP contribution in [0.15, 0.2) is 63.9 Å². The van der Waals surface area contributed by atoms with E-state index in [2.05, 4.69) is 25.7 Å². The number of para-hydroxylation sites is 2. The third kappa shape index (κ3) is 3.39. The van der Waals surface area contributed by atoms with Crippen LogP contribution in [-0.2, 0) is 0 Å². The summed E-state index contributed by atoms with van der Waals surface area (Å²) >= 11 is 5.00. The van der Waals surface area contributed by atoms with Crippen LogP contribution in [0.25, 0.3) is 10.9 Å². The Morgan fingerprint density at radius 2 is 1.83 bits per heavy atom. The Bertz CT molecular complexity index is 949. The van der Waals surface area contributed by atoms with Gasteiger partial charge in [0.05, 0.1) is 11.7 Å². The van der Waals surface area contributed by atoms with Gasteiger partial charge in [-0.25, -0.2) is 0 Å². The second kappa shape index (κ2) is 6.88. The molecule has 0 bridgehead atoms. The minimum Gasteiger partial charge on any atom is -0.507 e. The molecule has 1 heterocycles. The van der Waals surface area contributed by atoms with Gasteiger partial charge < -0.3 is 15.2 Å². The van der Waals surface area contributed by atoms with Crippen molar-refractivity contribution < 1.29 is 10.2 Å². The number of phenolic OH excluding ortho intramolecular Hbond substituents is 1. The third-order valence-corrected chi connectivity index (χ3v) is 3.37. The molecule has 4 N–H and O–H groups in total. The van der Waals surface area contributed by atoms with Crippen molar-refractivity contribution in [2.24, 2.45) is 15.3 Å². The van der Waals surface area contributed by atoms with E-state index < -0.39 is 0 Å². The summed E-state index contributed by atoms with van der Waals surface area (Å²) in [7, 11) is 0. The minimum atomic E-state index is -0.0829. The quantitative estimate of drug-likeness (QED) is 0.253. The summed E-state index contributed by atoms with van der Waals surface area (Å²) < 4.78 is 0. The summed E-state index contributed by atoms with van der Waals surface area (Å²) in [6, 6.07) is 14.1. The first-order valence-corrected chi connectivity index (χ1v) is 7.38. The van der Waals surface area contributed by atoms with Gasteiger partial charge in [0.1, 0.15) is 5.75 Å². The predicted octanol–water partition coefficient (Wildman–Crippen LogP) is 3.57. The van der Waals surface area contributed by atoms with Crippen molar-refractivity contribution in [3.05, 3.63) is 54.1 Å². The van der Waals surface area contributed by atoms with E-state index in [4.69, 9.17) is 12.2 Å². The number of aromatic nitrogens is 1. The molecule has 0 spiro atoms. The number of fused-ring (bicyclic) bond motifs is 1. The monoisotopic (exact) mass is 339 g/mol. The van der Waals surface area contributed by atoms with Gasteiger partial charge in [-0.1, -0.05) is 30.3 Å². The SMILES string of the molecule is Oc1ccccc1C=NNC(=S)N=Nc1c(O)[nH]c2ccccc12. The van der Waals surface area contributed by atoms with Crippen LogP contribution in [0.3, 0.4) is 0 Å². The number of aromatic amines is 1. The van der Waals surface area contributed by atoms with Gasteiger partial charge in [0.25, 0.3) is 0 Å². The highest BCUT2D eigenvalue weighted by molar-refractivity contribution is 7.80. The number of thiocarbonyl (C=S) groups is 1. The number of nitrogens with zero attached hydrogens (tertiary/aromatic N) is 3. The largest absolute Gasteiger partial charge is 0.507 e. The summed E-state index contributed by atoms with van der Waals surface area (Å²) in [6.45, 7) is 0. The molecule has 0 saturated carbocycles. The second-order valence-electron chi connectivity index (χ2n) is 4.80. The number of aromatic hydroxyl groups is 2. The van der Waals surface area contributed by atoms with Gasteiger partial charge in [-0.3, -0.25) is 5.43 Å². The van der Waals surface area contributed by atoms with E-state index in [1.165, 1.54) is 6.21 Å². The fourth-order valence-corrected chi connectivity index (χ4v) is 2.18. The first-order valence-electron chi connectivity index (χ1n) is 6.97. The Morgan fingerprint density at radius 1 is 1.08 bits per heavy atom. The summed E-state index contributed by atoms with van der Waals surface area (Å²) in [6.07, 6.45) is 1.42. The number of H-pyrrole nitrogens is 1. The van der Waals surface area contributed by atoms with Crippen LogP contribution in [-0.4, -0.2) is 26.5 Å². The molecule has 7 nitrogen and oxygen atoms in total. The Balaban J connectivity index is 1.69. The molecule has 0 amide bonds. The van der Waals surface area contributed by atoms with E-state index in [0.29, 0.717) is 11.3 Å². The van der Waals surface area contributed by atoms with E-state index in [1.54, 1.807) is 24.3 Å². The lowest BCUT2D eigenvalue weighted by atomic mass is 10.2. The van der Waals surface area contributed by atoms with Gasteiger partial charge in [0.15, 0.2) is 5.69 Å². The van der Waals surface area contributed by atoms with Crippen LogP contribution in [0.1, 0.15) is 5.56 Å². The Morgan fingerprint density at radius 3 is 2.67 bits per heavy atom. The van der Waals surface area contributed by atoms with E-state index in [-0.39, 0.29) is 16.7 Å². The van der Waals surface area contributed by atoms with E-state index in [1.807, 2.05) is 24.3 Å². The molecular formula is C16H13N5O2S. The normalized spacial score (nSPS) is 11.5. The highest BCUT2D eigenvalue weighted by Gasteiger charge is 2.09. The molecule has 24 heavy (non-hydrogen) atoms. The molecule has 0 atom stereocenters. The van der Waals surface area contributed by atoms with Crippen molar-refractivity contribution in [3.8, 4) is 11.6 Å². The number of hydrazone groups is 1. The molecule has 0 saturated heterocycles. The molecule has 0 aliphatic heterocycles. The van der Waals surface area contributed by atoms with Gasteiger partial charge in [-0.05, 0) is 30.4 Å². The molecule has 8 heteroatoms. The van der Waals surface area contributed by atoms with Gasteiger partial charge in [-0.2, -0.15) is 5.10 Å². The number of azo groups is 1. The van der Waals surface area contributed by atoms with Crippen LogP contribution < -0.4 is 5.43 Å². The maximum Gasteiger partial charge on any atom is 0.234 e. The zero-order valence-electron chi connectivity index (χ0n) is 12.3. The van der Waals surface area contributed by atoms with Gasteiger partial charge in [-0.15, -0.1) is 10.2 Å². The smallest absolute Gasteiger partial charge is 0.234 e. The highest BCUT2D eigenvalue weighted by Crippen LogP contribution is 2.35. The Kier molecular flexibility index (Phi) is 4.48. The zero-order chi connectivity index (χ0) is 16.9. The van der Waals surface area contributed by atoms with E-state index in [0.717, 1.165) is 10.9 Å². The standard InChI is InChI=1S/C16H13N5O2S/c22-13-8-4-1-5-10(13)9-17-20-16(24)21-19-14-11-6-2-3-7-12(11)18-15(14)23/h1-9,18,22-23H,(H,20,24). The predicted molar refractivity (Wildman–Crippen MR) is 95.9 cm³/mol. The minimum absolute atomic E-state index is 0.0198. The maximum absolute atomic E-state index is 9.87. The van der Waals surface area contributed by atoms with Crippen molar-refractivity contribution in [2.75, 3.05) is 0 Å². The van der Waals surface area contributed by atoms with Crippen molar-refractivity contribution in [1.29, 1.82) is 0 Å². The zero-order valence-corrected chi connectivity index (χ0v) is 13.2. The average Bonchev–Trinajstić information content (AvgIpc) is 2.90. The molecular weight excluding hydrogens is 326 g/mol. The molecule has 0 aliphatic carbocycles. The topological polar surface area (TPSA) is 105 Å². The van der Waals surface area contributed by atoms with Crippen LogP contribution >= 0.6 is 12.2 Å². The molecule has 3 rings (SSSR count). The number of phenols is 1. The Hall–Kier alpha value is -3.26. The van der Waals surface area contributed by atoms with E-state index >= 15 is 0 Å². The molecule has 2 aromatic carbocycles. The fraction of sp³-hybridized carbons (Fsp3) is 0. The first-order chi connectivity index (χ1) is 11.6. The third-order valence-electron chi connectivity index (χ3n) is 3.20. The molecule has 0 aliphatic rings. The molecule has 0 unspecified atom stereocenters. The molecule has 0 fully saturated rings. The lowest BCUT2D eigenvalue weighted by molar-refractivity contribution is 0.459. The summed E-state index contributed by atoms with van der Waals surface area (Å²) in [4.78, 5) is 2.80. The lowest BCUT2D eigenvalue weighted by Crippen LogP contribution is -2.11. The molecule has 0 radical (unpaired) electrons. The lowest BCUT2D eigenvalue weighted by Gasteiger charge is -1.97. The van der Waals surface area contributed by atoms with Crippen LogP contribution in [0, 0.1) is 0 Å². The molecule has 1 aromatic heterocycles. The highest BCUT2D eigenvalue weighted by atomic mass is 32.1. The molecule has 120 valence electrons. The van der Waals surface area contributed by atoms with Crippen LogP contribution in [0.4, 0.5) is 5.69 Å². The second-order valence-corrected chi connectivity index (χ2v) is 5.19. The summed E-state index contributed by atoms with van der Waals surface area (Å²) in [5.74, 6) is 0.0276. The number of hydrogen-bond donors (Lipinski definition) is 4. The van der Waals surface area contributed by atoms with Crippen LogP contribution in [0.5, 0.6) is 11.6 Å². The van der Waals surface area contributed by atoms with Crippen molar-refractivity contribution >= 4 is 40.1 Å². The fourth-order valence-electron chi connectivity index (χ4n) is 2.09. The average molecular weight is 339 g/mol. The maximum atomic E-state index is 9.87. The summed E-state index contributed by atoms with van der Waals surface area (Å²) in [5, 5.41) is 31.9. The molecule has 3 aromatic rings. The van der Waals surface area contributed by atoms with Crippen LogP contribution in [0.2, 0.25) is 0 Å². The van der Waals surface area contributed by atoms with Crippen molar-refractivity contribution in [1.82, 2.24) is 10.4 Å². The van der Waals surface area contributed by atoms with E-state index in [9.17, 15) is 10.2 Å². The van der Waals surface area contributed by atoms with Crippen molar-refractivity contribution in [2.45, 2.75) is 0 Å². The number of hydrogen-bond acceptors (Lipinski definition) is 5. The Labute approximate surface area is 142 Å². The number of nitrogens with one attached hydrogen (secondary N) is 2. The first kappa shape index (κ1) is 15.6. The van der Waals surface area contributed by atoms with Gasteiger partial charge in [0, 0.05) is 10.9 Å². The number of rotatable bonds is 3. The number of benzene rings is 2.